The van der Waals surface area contributed by atoms with E-state index in [0.29, 0.717) is 31.6 Å². The highest BCUT2D eigenvalue weighted by Crippen LogP contribution is 2.19. The van der Waals surface area contributed by atoms with Gasteiger partial charge in [-0.05, 0) is 12.5 Å². The van der Waals surface area contributed by atoms with Gasteiger partial charge in [0.25, 0.3) is 0 Å². The van der Waals surface area contributed by atoms with Gasteiger partial charge in [-0.3, -0.25) is 4.79 Å². The topological polar surface area (TPSA) is 40.5 Å². The molecule has 0 radical (unpaired) electrons. The largest absolute Gasteiger partial charge is 0.396 e. The van der Waals surface area contributed by atoms with Crippen molar-refractivity contribution in [3.8, 4) is 0 Å². The molecule has 1 atom stereocenters. The van der Waals surface area contributed by atoms with Crippen molar-refractivity contribution in [2.24, 2.45) is 5.92 Å². The molecule has 0 spiro atoms. The highest BCUT2D eigenvalue weighted by molar-refractivity contribution is 5.79. The Labute approximate surface area is 108 Å². The minimum atomic E-state index is -1.27. The highest BCUT2D eigenvalue weighted by Gasteiger charge is 2.26. The van der Waals surface area contributed by atoms with Gasteiger partial charge in [0.15, 0.2) is 11.6 Å². The minimum Gasteiger partial charge on any atom is -0.396 e. The fourth-order valence-electron chi connectivity index (χ4n) is 2.18. The predicted molar refractivity (Wildman–Crippen MR) is 61.8 cm³/mol. The standard InChI is InChI=1S/C13H14F3NO2/c14-10-5-12(16)11(15)3-9(10)4-13(19)17-2-1-8(6-17)7-18/h3,5,8,18H,1-2,4,6-7H2. The third-order valence-electron chi connectivity index (χ3n) is 3.33. The Hall–Kier alpha value is -1.56. The van der Waals surface area contributed by atoms with Gasteiger partial charge < -0.3 is 10.0 Å². The third-order valence-corrected chi connectivity index (χ3v) is 3.33. The summed E-state index contributed by atoms with van der Waals surface area (Å²) in [6, 6.07) is 1.15. The third kappa shape index (κ3) is 3.07. The second-order valence-electron chi connectivity index (χ2n) is 4.71. The fourth-order valence-corrected chi connectivity index (χ4v) is 2.18. The number of amides is 1. The average Bonchev–Trinajstić information content (AvgIpc) is 2.84. The summed E-state index contributed by atoms with van der Waals surface area (Å²) in [7, 11) is 0. The second-order valence-corrected chi connectivity index (χ2v) is 4.71. The van der Waals surface area contributed by atoms with Crippen molar-refractivity contribution in [2.75, 3.05) is 19.7 Å². The summed E-state index contributed by atoms with van der Waals surface area (Å²) in [6.45, 7) is 0.916. The van der Waals surface area contributed by atoms with Crippen molar-refractivity contribution >= 4 is 5.91 Å². The van der Waals surface area contributed by atoms with E-state index in [-0.39, 0.29) is 30.4 Å². The summed E-state index contributed by atoms with van der Waals surface area (Å²) in [5.41, 5.74) is -0.156. The molecule has 3 nitrogen and oxygen atoms in total. The monoisotopic (exact) mass is 273 g/mol. The van der Waals surface area contributed by atoms with Crippen LogP contribution in [0.3, 0.4) is 0 Å². The first-order valence-electron chi connectivity index (χ1n) is 6.03. The van der Waals surface area contributed by atoms with Gasteiger partial charge in [0.1, 0.15) is 5.82 Å². The minimum absolute atomic E-state index is 0.00329. The molecule has 1 aliphatic rings. The van der Waals surface area contributed by atoms with E-state index in [4.69, 9.17) is 5.11 Å². The number of carbonyl (C=O) groups is 1. The van der Waals surface area contributed by atoms with E-state index in [1.54, 1.807) is 0 Å². The lowest BCUT2D eigenvalue weighted by molar-refractivity contribution is -0.129. The summed E-state index contributed by atoms with van der Waals surface area (Å²) in [4.78, 5) is 13.4. The number of rotatable bonds is 3. The first-order valence-corrected chi connectivity index (χ1v) is 6.03. The maximum absolute atomic E-state index is 13.4. The Kier molecular flexibility index (Phi) is 4.09. The van der Waals surface area contributed by atoms with Crippen LogP contribution in [0.4, 0.5) is 13.2 Å². The number of benzene rings is 1. The van der Waals surface area contributed by atoms with Gasteiger partial charge in [-0.15, -0.1) is 0 Å². The molecule has 2 rings (SSSR count). The molecule has 0 aliphatic carbocycles. The number of hydrogen-bond donors (Lipinski definition) is 1. The Morgan fingerprint density at radius 2 is 1.95 bits per heavy atom. The van der Waals surface area contributed by atoms with Crippen molar-refractivity contribution in [2.45, 2.75) is 12.8 Å². The summed E-state index contributed by atoms with van der Waals surface area (Å²) in [5, 5.41) is 8.98. The normalized spacial score (nSPS) is 18.9. The lowest BCUT2D eigenvalue weighted by atomic mass is 10.1. The van der Waals surface area contributed by atoms with Crippen LogP contribution in [0.1, 0.15) is 12.0 Å². The van der Waals surface area contributed by atoms with Gasteiger partial charge >= 0.3 is 0 Å². The summed E-state index contributed by atoms with van der Waals surface area (Å²) < 4.78 is 39.2. The van der Waals surface area contributed by atoms with Gasteiger partial charge in [0.05, 0.1) is 6.42 Å². The van der Waals surface area contributed by atoms with Crippen molar-refractivity contribution in [1.29, 1.82) is 0 Å². The number of halogens is 3. The molecule has 1 heterocycles. The van der Waals surface area contributed by atoms with Gasteiger partial charge in [0.2, 0.25) is 5.91 Å². The van der Waals surface area contributed by atoms with Crippen molar-refractivity contribution in [3.63, 3.8) is 0 Å². The van der Waals surface area contributed by atoms with Crippen LogP contribution in [0.15, 0.2) is 12.1 Å². The molecule has 0 bridgehead atoms. The van der Waals surface area contributed by atoms with Crippen LogP contribution < -0.4 is 0 Å². The first-order chi connectivity index (χ1) is 9.01. The van der Waals surface area contributed by atoms with E-state index < -0.39 is 17.5 Å². The molecule has 1 fully saturated rings. The van der Waals surface area contributed by atoms with Crippen LogP contribution in [-0.4, -0.2) is 35.6 Å². The zero-order valence-corrected chi connectivity index (χ0v) is 10.2. The fraction of sp³-hybridized carbons (Fsp3) is 0.462. The van der Waals surface area contributed by atoms with E-state index in [2.05, 4.69) is 0 Å². The smallest absolute Gasteiger partial charge is 0.227 e. The van der Waals surface area contributed by atoms with Crippen LogP contribution in [-0.2, 0) is 11.2 Å². The number of hydrogen-bond acceptors (Lipinski definition) is 2. The number of nitrogens with zero attached hydrogens (tertiary/aromatic N) is 1. The molecule has 19 heavy (non-hydrogen) atoms. The van der Waals surface area contributed by atoms with Gasteiger partial charge in [-0.2, -0.15) is 0 Å². The molecular formula is C13H14F3NO2. The Bertz CT molecular complexity index is 493. The molecule has 1 aromatic carbocycles. The summed E-state index contributed by atoms with van der Waals surface area (Å²) in [6.07, 6.45) is 0.393. The van der Waals surface area contributed by atoms with Crippen molar-refractivity contribution in [3.05, 3.63) is 35.1 Å². The average molecular weight is 273 g/mol. The van der Waals surface area contributed by atoms with Gasteiger partial charge in [-0.25, -0.2) is 13.2 Å². The predicted octanol–water partition coefficient (Wildman–Crippen LogP) is 1.49. The van der Waals surface area contributed by atoms with Crippen molar-refractivity contribution < 1.29 is 23.1 Å². The molecule has 1 aliphatic heterocycles. The summed E-state index contributed by atoms with van der Waals surface area (Å²) >= 11 is 0. The Balaban J connectivity index is 2.05. The van der Waals surface area contributed by atoms with E-state index >= 15 is 0 Å². The molecule has 0 saturated carbocycles. The lowest BCUT2D eigenvalue weighted by Crippen LogP contribution is -2.30. The zero-order valence-electron chi connectivity index (χ0n) is 10.2. The highest BCUT2D eigenvalue weighted by atomic mass is 19.2. The molecule has 1 saturated heterocycles. The molecule has 1 aromatic rings. The number of carbonyl (C=O) groups excluding carboxylic acids is 1. The van der Waals surface area contributed by atoms with E-state index in [0.717, 1.165) is 0 Å². The molecule has 1 amide bonds. The van der Waals surface area contributed by atoms with Gasteiger partial charge in [0, 0.05) is 37.2 Å². The summed E-state index contributed by atoms with van der Waals surface area (Å²) in [5.74, 6) is -3.67. The number of likely N-dealkylation sites (tertiary alicyclic amines) is 1. The van der Waals surface area contributed by atoms with Gasteiger partial charge in [-0.1, -0.05) is 0 Å². The number of aliphatic hydroxyl groups excluding tert-OH is 1. The zero-order chi connectivity index (χ0) is 14.0. The lowest BCUT2D eigenvalue weighted by Gasteiger charge is -2.16. The first kappa shape index (κ1) is 13.9. The van der Waals surface area contributed by atoms with Crippen LogP contribution in [0.25, 0.3) is 0 Å². The molecule has 1 unspecified atom stereocenters. The molecule has 0 aromatic heterocycles. The second kappa shape index (κ2) is 5.61. The van der Waals surface area contributed by atoms with Crippen molar-refractivity contribution in [1.82, 2.24) is 4.90 Å². The SMILES string of the molecule is O=C(Cc1cc(F)c(F)cc1F)N1CCC(CO)C1. The van der Waals surface area contributed by atoms with E-state index in [9.17, 15) is 18.0 Å². The van der Waals surface area contributed by atoms with Crippen LogP contribution in [0, 0.1) is 23.4 Å². The quantitative estimate of drug-likeness (QED) is 0.848. The Morgan fingerprint density at radius 3 is 2.58 bits per heavy atom. The molecule has 6 heteroatoms. The Morgan fingerprint density at radius 1 is 1.26 bits per heavy atom. The van der Waals surface area contributed by atoms with Crippen LogP contribution >= 0.6 is 0 Å². The molecule has 104 valence electrons. The maximum Gasteiger partial charge on any atom is 0.227 e. The van der Waals surface area contributed by atoms with Crippen LogP contribution in [0.2, 0.25) is 0 Å². The molecular weight excluding hydrogens is 259 g/mol. The van der Waals surface area contributed by atoms with E-state index in [1.165, 1.54) is 4.90 Å². The van der Waals surface area contributed by atoms with Crippen LogP contribution in [0.5, 0.6) is 0 Å². The maximum atomic E-state index is 13.4. The molecule has 1 N–H and O–H groups in total. The number of aliphatic hydroxyl groups is 1. The van der Waals surface area contributed by atoms with E-state index in [1.807, 2.05) is 0 Å².